The molecular weight excluding hydrogens is 240 g/mol. The lowest BCUT2D eigenvalue weighted by atomic mass is 10.0. The number of ether oxygens (including phenoxy) is 1. The first-order chi connectivity index (χ1) is 9.42. The van der Waals surface area contributed by atoms with Gasteiger partial charge in [-0.3, -0.25) is 0 Å². The van der Waals surface area contributed by atoms with Gasteiger partial charge < -0.3 is 15.0 Å². The number of nitrogens with one attached hydrogen (secondary N) is 1. The van der Waals surface area contributed by atoms with E-state index in [0.29, 0.717) is 12.1 Å². The molecule has 19 heavy (non-hydrogen) atoms. The summed E-state index contributed by atoms with van der Waals surface area (Å²) in [6.07, 6.45) is 8.29. The Morgan fingerprint density at radius 3 is 2.32 bits per heavy atom. The van der Waals surface area contributed by atoms with Crippen molar-refractivity contribution in [2.75, 3.05) is 31.2 Å². The lowest BCUT2D eigenvalue weighted by molar-refractivity contribution is 0.0738. The summed E-state index contributed by atoms with van der Waals surface area (Å²) in [4.78, 5) is 10.9. The molecule has 0 aliphatic carbocycles. The average Bonchev–Trinajstić information content (AvgIpc) is 2.50. The SMILES string of the molecule is c1cnc(N2CCC(NC3CCOCC3)CC2)nc1. The monoisotopic (exact) mass is 262 g/mol. The molecule has 2 saturated heterocycles. The van der Waals surface area contributed by atoms with E-state index in [4.69, 9.17) is 4.74 Å². The first kappa shape index (κ1) is 12.8. The molecule has 0 amide bonds. The molecule has 2 aliphatic heterocycles. The summed E-state index contributed by atoms with van der Waals surface area (Å²) in [5.74, 6) is 0.868. The van der Waals surface area contributed by atoms with Gasteiger partial charge in [-0.25, -0.2) is 9.97 Å². The Hall–Kier alpha value is -1.20. The van der Waals surface area contributed by atoms with Gasteiger partial charge in [-0.1, -0.05) is 0 Å². The van der Waals surface area contributed by atoms with Crippen LogP contribution in [-0.2, 0) is 4.74 Å². The van der Waals surface area contributed by atoms with Crippen LogP contribution >= 0.6 is 0 Å². The third-order valence-electron chi connectivity index (χ3n) is 4.02. The summed E-state index contributed by atoms with van der Waals surface area (Å²) in [7, 11) is 0. The smallest absolute Gasteiger partial charge is 0.225 e. The Labute approximate surface area is 114 Å². The largest absolute Gasteiger partial charge is 0.381 e. The average molecular weight is 262 g/mol. The minimum absolute atomic E-state index is 0.642. The Bertz CT molecular complexity index is 372. The highest BCUT2D eigenvalue weighted by molar-refractivity contribution is 5.29. The lowest BCUT2D eigenvalue weighted by Crippen LogP contribution is -2.48. The zero-order chi connectivity index (χ0) is 12.9. The molecule has 1 aromatic heterocycles. The van der Waals surface area contributed by atoms with Gasteiger partial charge in [0, 0.05) is 50.8 Å². The summed E-state index contributed by atoms with van der Waals surface area (Å²) in [6, 6.07) is 3.16. The minimum Gasteiger partial charge on any atom is -0.381 e. The fourth-order valence-corrected chi connectivity index (χ4v) is 2.90. The second-order valence-electron chi connectivity index (χ2n) is 5.36. The maximum atomic E-state index is 5.40. The zero-order valence-electron chi connectivity index (χ0n) is 11.3. The van der Waals surface area contributed by atoms with E-state index < -0.39 is 0 Å². The van der Waals surface area contributed by atoms with E-state index in [9.17, 15) is 0 Å². The minimum atomic E-state index is 0.642. The van der Waals surface area contributed by atoms with Gasteiger partial charge in [0.25, 0.3) is 0 Å². The molecule has 3 heterocycles. The van der Waals surface area contributed by atoms with Crippen LogP contribution in [0.15, 0.2) is 18.5 Å². The van der Waals surface area contributed by atoms with Crippen molar-refractivity contribution in [1.29, 1.82) is 0 Å². The van der Waals surface area contributed by atoms with Crippen LogP contribution in [0.1, 0.15) is 25.7 Å². The van der Waals surface area contributed by atoms with Crippen LogP contribution in [-0.4, -0.2) is 48.4 Å². The number of hydrogen-bond acceptors (Lipinski definition) is 5. The van der Waals surface area contributed by atoms with E-state index in [2.05, 4.69) is 20.2 Å². The Morgan fingerprint density at radius 2 is 1.63 bits per heavy atom. The summed E-state index contributed by atoms with van der Waals surface area (Å²) in [5.41, 5.74) is 0. The highest BCUT2D eigenvalue weighted by Crippen LogP contribution is 2.17. The molecule has 0 radical (unpaired) electrons. The number of nitrogens with zero attached hydrogens (tertiary/aromatic N) is 3. The summed E-state index contributed by atoms with van der Waals surface area (Å²) in [5, 5.41) is 3.78. The van der Waals surface area contributed by atoms with E-state index in [0.717, 1.165) is 45.1 Å². The number of rotatable bonds is 3. The predicted molar refractivity (Wildman–Crippen MR) is 74.2 cm³/mol. The number of aromatic nitrogens is 2. The maximum absolute atomic E-state index is 5.40. The van der Waals surface area contributed by atoms with Gasteiger partial charge in [0.15, 0.2) is 0 Å². The molecule has 3 rings (SSSR count). The molecule has 2 aliphatic rings. The van der Waals surface area contributed by atoms with Crippen molar-refractivity contribution in [2.45, 2.75) is 37.8 Å². The van der Waals surface area contributed by atoms with E-state index in [1.54, 1.807) is 0 Å². The van der Waals surface area contributed by atoms with Gasteiger partial charge in [-0.2, -0.15) is 0 Å². The van der Waals surface area contributed by atoms with Crippen molar-refractivity contribution in [1.82, 2.24) is 15.3 Å². The summed E-state index contributed by atoms with van der Waals surface area (Å²) >= 11 is 0. The molecule has 0 aromatic carbocycles. The normalized spacial score (nSPS) is 22.6. The van der Waals surface area contributed by atoms with Crippen molar-refractivity contribution in [3.63, 3.8) is 0 Å². The molecule has 5 heteroatoms. The number of hydrogen-bond donors (Lipinski definition) is 1. The fraction of sp³-hybridized carbons (Fsp3) is 0.714. The first-order valence-electron chi connectivity index (χ1n) is 7.27. The van der Waals surface area contributed by atoms with Gasteiger partial charge in [0.05, 0.1) is 0 Å². The van der Waals surface area contributed by atoms with Gasteiger partial charge in [0.2, 0.25) is 5.95 Å². The van der Waals surface area contributed by atoms with E-state index in [1.165, 1.54) is 12.8 Å². The Kier molecular flexibility index (Phi) is 4.25. The number of anilines is 1. The second-order valence-corrected chi connectivity index (χ2v) is 5.36. The third kappa shape index (κ3) is 3.42. The van der Waals surface area contributed by atoms with Crippen molar-refractivity contribution >= 4 is 5.95 Å². The molecular formula is C14H22N4O. The molecule has 0 atom stereocenters. The van der Waals surface area contributed by atoms with Crippen molar-refractivity contribution < 1.29 is 4.74 Å². The molecule has 1 aromatic rings. The highest BCUT2D eigenvalue weighted by Gasteiger charge is 2.23. The second kappa shape index (κ2) is 6.30. The Balaban J connectivity index is 1.46. The van der Waals surface area contributed by atoms with Gasteiger partial charge in [0.1, 0.15) is 0 Å². The molecule has 5 nitrogen and oxygen atoms in total. The van der Waals surface area contributed by atoms with Crippen LogP contribution in [0.3, 0.4) is 0 Å². The fourth-order valence-electron chi connectivity index (χ4n) is 2.90. The van der Waals surface area contributed by atoms with Crippen molar-refractivity contribution in [3.8, 4) is 0 Å². The van der Waals surface area contributed by atoms with Crippen LogP contribution in [0.25, 0.3) is 0 Å². The van der Waals surface area contributed by atoms with Gasteiger partial charge in [-0.15, -0.1) is 0 Å². The molecule has 0 spiro atoms. The molecule has 0 unspecified atom stereocenters. The van der Waals surface area contributed by atoms with Gasteiger partial charge in [-0.05, 0) is 31.7 Å². The molecule has 0 saturated carbocycles. The standard InChI is InChI=1S/C14H22N4O/c1-6-15-14(16-7-1)18-8-2-12(3-9-18)17-13-4-10-19-11-5-13/h1,6-7,12-13,17H,2-5,8-11H2. The van der Waals surface area contributed by atoms with Crippen LogP contribution in [0.4, 0.5) is 5.95 Å². The van der Waals surface area contributed by atoms with Crippen molar-refractivity contribution in [3.05, 3.63) is 18.5 Å². The molecule has 0 bridgehead atoms. The number of piperidine rings is 1. The maximum Gasteiger partial charge on any atom is 0.225 e. The topological polar surface area (TPSA) is 50.3 Å². The van der Waals surface area contributed by atoms with Crippen LogP contribution in [0.2, 0.25) is 0 Å². The third-order valence-corrected chi connectivity index (χ3v) is 4.02. The highest BCUT2D eigenvalue weighted by atomic mass is 16.5. The Morgan fingerprint density at radius 1 is 1.00 bits per heavy atom. The van der Waals surface area contributed by atoms with Crippen LogP contribution in [0, 0.1) is 0 Å². The zero-order valence-corrected chi connectivity index (χ0v) is 11.3. The quantitative estimate of drug-likeness (QED) is 0.887. The van der Waals surface area contributed by atoms with Crippen LogP contribution in [0.5, 0.6) is 0 Å². The molecule has 1 N–H and O–H groups in total. The molecule has 2 fully saturated rings. The van der Waals surface area contributed by atoms with E-state index in [-0.39, 0.29) is 0 Å². The first-order valence-corrected chi connectivity index (χ1v) is 7.27. The summed E-state index contributed by atoms with van der Waals surface area (Å²) < 4.78 is 5.40. The van der Waals surface area contributed by atoms with Crippen LogP contribution < -0.4 is 10.2 Å². The van der Waals surface area contributed by atoms with E-state index in [1.807, 2.05) is 18.5 Å². The molecule has 104 valence electrons. The van der Waals surface area contributed by atoms with E-state index >= 15 is 0 Å². The summed E-state index contributed by atoms with van der Waals surface area (Å²) in [6.45, 7) is 3.92. The predicted octanol–water partition coefficient (Wildman–Crippen LogP) is 1.21. The van der Waals surface area contributed by atoms with Crippen molar-refractivity contribution in [2.24, 2.45) is 0 Å². The lowest BCUT2D eigenvalue weighted by Gasteiger charge is -2.35. The van der Waals surface area contributed by atoms with Gasteiger partial charge >= 0.3 is 0 Å².